The molecule has 4 nitrogen and oxygen atoms in total. The topological polar surface area (TPSA) is 65.9 Å². The molecule has 0 N–H and O–H groups in total. The van der Waals surface area contributed by atoms with Gasteiger partial charge in [-0.05, 0) is 24.3 Å². The van der Waals surface area contributed by atoms with E-state index in [1.807, 2.05) is 6.07 Å². The summed E-state index contributed by atoms with van der Waals surface area (Å²) < 4.78 is 0. The van der Waals surface area contributed by atoms with Gasteiger partial charge in [0.1, 0.15) is 0 Å². The van der Waals surface area contributed by atoms with Crippen LogP contribution in [0.1, 0.15) is 10.5 Å². The molecule has 2 heterocycles. The largest absolute Gasteiger partial charge is 1.00 e. The van der Waals surface area contributed by atoms with Crippen molar-refractivity contribution in [3.05, 3.63) is 48.3 Å². The Hall–Kier alpha value is -0.594. The molecule has 0 spiro atoms. The molecule has 0 bridgehead atoms. The van der Waals surface area contributed by atoms with E-state index in [0.717, 1.165) is 0 Å². The molecule has 2 aromatic heterocycles. The van der Waals surface area contributed by atoms with Crippen LogP contribution in [0.3, 0.4) is 0 Å². The Morgan fingerprint density at radius 3 is 2.44 bits per heavy atom. The van der Waals surface area contributed by atoms with Gasteiger partial charge in [0.05, 0.1) is 23.1 Å². The maximum absolute atomic E-state index is 10.6. The number of rotatable bonds is 2. The van der Waals surface area contributed by atoms with E-state index in [-0.39, 0.29) is 57.1 Å². The van der Waals surface area contributed by atoms with Crippen molar-refractivity contribution in [1.82, 2.24) is 9.97 Å². The van der Waals surface area contributed by atoms with E-state index < -0.39 is 5.97 Å². The van der Waals surface area contributed by atoms with E-state index in [0.29, 0.717) is 11.4 Å². The number of hydrogen-bond acceptors (Lipinski definition) is 4. The quantitative estimate of drug-likeness (QED) is 0.543. The van der Waals surface area contributed by atoms with Gasteiger partial charge < -0.3 is 9.90 Å². The molecule has 0 amide bonds. The summed E-state index contributed by atoms with van der Waals surface area (Å²) in [7, 11) is 0. The van der Waals surface area contributed by atoms with E-state index >= 15 is 0 Å². The molecule has 0 aromatic carbocycles. The van der Waals surface area contributed by atoms with Crippen molar-refractivity contribution >= 4 is 5.97 Å². The molecule has 0 aliphatic heterocycles. The Morgan fingerprint density at radius 1 is 1.06 bits per heavy atom. The summed E-state index contributed by atoms with van der Waals surface area (Å²) in [5.74, 6) is -1.28. The van der Waals surface area contributed by atoms with Gasteiger partial charge in [0.2, 0.25) is 0 Å². The second-order valence-corrected chi connectivity index (χ2v) is 2.91. The summed E-state index contributed by atoms with van der Waals surface area (Å²) >= 11 is 0. The Kier molecular flexibility index (Phi) is 5.24. The first-order chi connectivity index (χ1) is 7.27. The van der Waals surface area contributed by atoms with Crippen molar-refractivity contribution in [1.29, 1.82) is 0 Å². The standard InChI is InChI=1S/C11H8N2O2.K/c14-11(15)10-6-3-5-9(13-10)8-4-1-2-7-12-8;/h1-7H,(H,14,15);/q;+1/p-1. The molecule has 16 heavy (non-hydrogen) atoms. The zero-order chi connectivity index (χ0) is 10.7. The Morgan fingerprint density at radius 2 is 1.81 bits per heavy atom. The van der Waals surface area contributed by atoms with Crippen LogP contribution in [0, 0.1) is 0 Å². The molecule has 0 aliphatic carbocycles. The van der Waals surface area contributed by atoms with Crippen molar-refractivity contribution in [2.45, 2.75) is 0 Å². The van der Waals surface area contributed by atoms with Crippen molar-refractivity contribution in [3.8, 4) is 11.4 Å². The third-order valence-electron chi connectivity index (χ3n) is 1.89. The summed E-state index contributed by atoms with van der Waals surface area (Å²) in [6.45, 7) is 0. The van der Waals surface area contributed by atoms with Gasteiger partial charge in [0.25, 0.3) is 0 Å². The Balaban J connectivity index is 0.00000128. The van der Waals surface area contributed by atoms with Crippen LogP contribution >= 0.6 is 0 Å². The summed E-state index contributed by atoms with van der Waals surface area (Å²) in [5, 5.41) is 10.6. The second kappa shape index (κ2) is 6.22. The molecule has 5 heteroatoms. The van der Waals surface area contributed by atoms with E-state index in [1.165, 1.54) is 6.07 Å². The summed E-state index contributed by atoms with van der Waals surface area (Å²) in [6, 6.07) is 10.1. The number of nitrogens with zero attached hydrogens (tertiary/aromatic N) is 2. The van der Waals surface area contributed by atoms with E-state index in [9.17, 15) is 9.90 Å². The molecular formula is C11H7KN2O2. The van der Waals surface area contributed by atoms with Gasteiger partial charge in [0.15, 0.2) is 0 Å². The van der Waals surface area contributed by atoms with Gasteiger partial charge in [-0.1, -0.05) is 12.1 Å². The van der Waals surface area contributed by atoms with Gasteiger partial charge in [-0.2, -0.15) is 0 Å². The Bertz CT molecular complexity index is 488. The number of hydrogen-bond donors (Lipinski definition) is 0. The van der Waals surface area contributed by atoms with E-state index in [1.54, 1.807) is 30.5 Å². The molecule has 0 radical (unpaired) electrons. The predicted octanol–water partition coefficient (Wildman–Crippen LogP) is -2.49. The minimum Gasteiger partial charge on any atom is -0.543 e. The molecule has 0 saturated carbocycles. The molecule has 2 rings (SSSR count). The molecular weight excluding hydrogens is 231 g/mol. The van der Waals surface area contributed by atoms with Gasteiger partial charge in [0, 0.05) is 6.20 Å². The van der Waals surface area contributed by atoms with Gasteiger partial charge in [-0.25, -0.2) is 4.98 Å². The third-order valence-corrected chi connectivity index (χ3v) is 1.89. The number of carboxylic acids is 1. The zero-order valence-corrected chi connectivity index (χ0v) is 11.9. The van der Waals surface area contributed by atoms with Crippen LogP contribution in [0.15, 0.2) is 42.6 Å². The van der Waals surface area contributed by atoms with Crippen molar-refractivity contribution in [2.24, 2.45) is 0 Å². The first-order valence-electron chi connectivity index (χ1n) is 4.37. The number of pyridine rings is 2. The average molecular weight is 238 g/mol. The van der Waals surface area contributed by atoms with Gasteiger partial charge >= 0.3 is 51.4 Å². The number of carboxylic acid groups (broad SMARTS) is 1. The summed E-state index contributed by atoms with van der Waals surface area (Å²) in [5.41, 5.74) is 1.08. The van der Waals surface area contributed by atoms with Crippen LogP contribution in [-0.2, 0) is 0 Å². The van der Waals surface area contributed by atoms with Crippen LogP contribution in [0.2, 0.25) is 0 Å². The molecule has 0 aliphatic rings. The Labute approximate surface area is 135 Å². The fourth-order valence-electron chi connectivity index (χ4n) is 1.21. The maximum atomic E-state index is 10.6. The second-order valence-electron chi connectivity index (χ2n) is 2.91. The monoisotopic (exact) mass is 238 g/mol. The fourth-order valence-corrected chi connectivity index (χ4v) is 1.21. The van der Waals surface area contributed by atoms with Crippen LogP contribution in [0.4, 0.5) is 0 Å². The number of carbonyl (C=O) groups is 1. The maximum Gasteiger partial charge on any atom is 1.00 e. The van der Waals surface area contributed by atoms with Crippen LogP contribution in [0.5, 0.6) is 0 Å². The van der Waals surface area contributed by atoms with Gasteiger partial charge in [-0.3, -0.25) is 4.98 Å². The predicted molar refractivity (Wildman–Crippen MR) is 51.8 cm³/mol. The smallest absolute Gasteiger partial charge is 0.543 e. The SMILES string of the molecule is O=C([O-])c1cccc(-c2ccccn2)n1.[K+]. The van der Waals surface area contributed by atoms with Crippen LogP contribution in [-0.4, -0.2) is 15.9 Å². The molecule has 2 aromatic rings. The zero-order valence-electron chi connectivity index (χ0n) is 8.75. The molecule has 74 valence electrons. The fraction of sp³-hybridized carbons (Fsp3) is 0. The minimum atomic E-state index is -1.28. The minimum absolute atomic E-state index is 0. The molecule has 0 fully saturated rings. The first kappa shape index (κ1) is 13.5. The normalized spacial score (nSPS) is 9.25. The summed E-state index contributed by atoms with van der Waals surface area (Å²) in [6.07, 6.45) is 1.63. The average Bonchev–Trinajstić information content (AvgIpc) is 2.30. The molecule has 0 atom stereocenters. The van der Waals surface area contributed by atoms with E-state index in [4.69, 9.17) is 0 Å². The van der Waals surface area contributed by atoms with Crippen LogP contribution in [0.25, 0.3) is 11.4 Å². The van der Waals surface area contributed by atoms with E-state index in [2.05, 4.69) is 9.97 Å². The van der Waals surface area contributed by atoms with Crippen molar-refractivity contribution in [3.63, 3.8) is 0 Å². The number of aromatic nitrogens is 2. The van der Waals surface area contributed by atoms with Crippen LogP contribution < -0.4 is 56.5 Å². The first-order valence-corrected chi connectivity index (χ1v) is 4.37. The third kappa shape index (κ3) is 3.20. The number of aromatic carboxylic acids is 1. The number of carbonyl (C=O) groups excluding carboxylic acids is 1. The molecule has 0 saturated heterocycles. The molecule has 0 unspecified atom stereocenters. The van der Waals surface area contributed by atoms with Crippen molar-refractivity contribution < 1.29 is 61.3 Å². The van der Waals surface area contributed by atoms with Crippen molar-refractivity contribution in [2.75, 3.05) is 0 Å². The summed E-state index contributed by atoms with van der Waals surface area (Å²) in [4.78, 5) is 18.6. The van der Waals surface area contributed by atoms with Gasteiger partial charge in [-0.15, -0.1) is 0 Å².